The molecule has 0 aromatic carbocycles. The summed E-state index contributed by atoms with van der Waals surface area (Å²) >= 11 is 0. The molecule has 0 atom stereocenters. The first kappa shape index (κ1) is 3.90. The largest absolute Gasteiger partial charge is 0.444 e. The highest BCUT2D eigenvalue weighted by Crippen LogP contribution is 2.31. The lowest BCUT2D eigenvalue weighted by Crippen LogP contribution is -2.44. The summed E-state index contributed by atoms with van der Waals surface area (Å²) in [7, 11) is 0. The maximum Gasteiger partial charge on any atom is 0.410 e. The molecule has 4 heteroatoms. The zero-order chi connectivity index (χ0) is 30.1. The van der Waals surface area contributed by atoms with Gasteiger partial charge < -0.3 is 15.0 Å². The average molecular weight is 287 g/mol. The van der Waals surface area contributed by atoms with Crippen molar-refractivity contribution in [3.05, 3.63) is 0 Å². The fraction of sp³-hybridized carbons (Fsp3) is 0.933. The van der Waals surface area contributed by atoms with E-state index in [9.17, 15) is 4.79 Å². The van der Waals surface area contributed by atoms with E-state index in [1.807, 2.05) is 0 Å². The lowest BCUT2D eigenvalue weighted by molar-refractivity contribution is 0.0150. The van der Waals surface area contributed by atoms with Crippen molar-refractivity contribution in [3.63, 3.8) is 0 Å². The highest BCUT2D eigenvalue weighted by atomic mass is 16.6. The number of hydrogen-bond acceptors (Lipinski definition) is 3. The second-order valence-electron chi connectivity index (χ2n) is 4.66. The van der Waals surface area contributed by atoms with E-state index in [4.69, 9.17) is 29.4 Å². The molecule has 0 aromatic rings. The summed E-state index contributed by atoms with van der Waals surface area (Å²) in [6.45, 7) is -12.1. The second-order valence-corrected chi connectivity index (χ2v) is 4.66. The van der Waals surface area contributed by atoms with E-state index < -0.39 is 79.9 Å². The Kier molecular flexibility index (Phi) is 1.26. The first-order chi connectivity index (χ1) is 15.7. The van der Waals surface area contributed by atoms with Gasteiger partial charge in [-0.1, -0.05) is 0 Å². The first-order valence-electron chi connectivity index (χ1n) is 14.5. The Hall–Kier alpha value is -0.770. The van der Waals surface area contributed by atoms with Crippen molar-refractivity contribution in [2.24, 2.45) is 11.8 Å². The van der Waals surface area contributed by atoms with Gasteiger partial charge in [-0.15, -0.1) is 0 Å². The van der Waals surface area contributed by atoms with Crippen molar-refractivity contribution in [1.29, 1.82) is 0 Å². The maximum absolute atomic E-state index is 12.9. The fourth-order valence-electron chi connectivity index (χ4n) is 1.18. The van der Waals surface area contributed by atoms with Gasteiger partial charge >= 0.3 is 6.09 Å². The van der Waals surface area contributed by atoms with Crippen molar-refractivity contribution in [2.45, 2.75) is 51.9 Å². The Balaban J connectivity index is 3.11. The molecule has 4 nitrogen and oxygen atoms in total. The van der Waals surface area contributed by atoms with Crippen molar-refractivity contribution in [1.82, 2.24) is 10.2 Å². The number of rotatable bonds is 1. The zero-order valence-corrected chi connectivity index (χ0v) is 10.8. The third kappa shape index (κ3) is 4.37. The van der Waals surface area contributed by atoms with Crippen LogP contribution in [0.4, 0.5) is 4.79 Å². The Morgan fingerprint density at radius 3 is 2.26 bits per heavy atom. The number of piperidine rings is 2. The van der Waals surface area contributed by atoms with Crippen LogP contribution in [-0.2, 0) is 4.74 Å². The van der Waals surface area contributed by atoms with Crippen LogP contribution in [0.1, 0.15) is 70.9 Å². The summed E-state index contributed by atoms with van der Waals surface area (Å²) in [5.41, 5.74) is -1.44. The zero-order valence-electron chi connectivity index (χ0n) is 28.8. The molecule has 0 bridgehead atoms. The molecule has 110 valence electrons. The number of hydrogen-bond donors (Lipinski definition) is 1. The van der Waals surface area contributed by atoms with E-state index in [0.717, 1.165) is 0 Å². The SMILES string of the molecule is [2H]C1([2H])NC([2H])([2H])C([2H])([2H])C([2H])(C2([2H])C([2H])([2H])C([2H])([2H])N(C(=O)OC(C)(C)C)C([2H])([2H])C2([2H])[2H])C1([2H])[2H]. The molecule has 2 saturated heterocycles. The lowest BCUT2D eigenvalue weighted by Gasteiger charge is -2.38. The molecule has 2 fully saturated rings. The molecular weight excluding hydrogens is 240 g/mol. The van der Waals surface area contributed by atoms with E-state index >= 15 is 0 Å². The summed E-state index contributed by atoms with van der Waals surface area (Å²) < 4.78 is 155. The minimum atomic E-state index is -4.62. The van der Waals surface area contributed by atoms with Crippen LogP contribution in [0.3, 0.4) is 0 Å². The van der Waals surface area contributed by atoms with Crippen LogP contribution < -0.4 is 5.32 Å². The Morgan fingerprint density at radius 2 is 1.74 bits per heavy atom. The molecule has 0 saturated carbocycles. The highest BCUT2D eigenvalue weighted by molar-refractivity contribution is 5.68. The Morgan fingerprint density at radius 1 is 1.21 bits per heavy atom. The van der Waals surface area contributed by atoms with Crippen LogP contribution in [0, 0.1) is 11.8 Å². The molecule has 0 unspecified atom stereocenters. The Bertz CT molecular complexity index is 917. The second kappa shape index (κ2) is 6.12. The van der Waals surface area contributed by atoms with Crippen LogP contribution in [0.15, 0.2) is 0 Å². The number of amides is 1. The monoisotopic (exact) mass is 286 g/mol. The van der Waals surface area contributed by atoms with Crippen LogP contribution in [0.25, 0.3) is 0 Å². The molecule has 1 N–H and O–H groups in total. The molecule has 0 spiro atoms. The van der Waals surface area contributed by atoms with Crippen molar-refractivity contribution in [2.75, 3.05) is 26.0 Å². The van der Waals surface area contributed by atoms with Gasteiger partial charge in [0.1, 0.15) is 5.60 Å². The molecular formula is C15H28N2O2. The van der Waals surface area contributed by atoms with Gasteiger partial charge in [-0.25, -0.2) is 4.79 Å². The van der Waals surface area contributed by atoms with Gasteiger partial charge in [0.2, 0.25) is 0 Å². The fourth-order valence-corrected chi connectivity index (χ4v) is 1.18. The Labute approximate surface area is 142 Å². The number of carbonyl (C=O) groups excluding carboxylic acids is 1. The maximum atomic E-state index is 12.9. The van der Waals surface area contributed by atoms with E-state index in [0.29, 0.717) is 0 Å². The minimum Gasteiger partial charge on any atom is -0.444 e. The molecule has 2 aliphatic rings. The van der Waals surface area contributed by atoms with Crippen molar-refractivity contribution in [3.8, 4) is 0 Å². The van der Waals surface area contributed by atoms with E-state index in [1.165, 1.54) is 26.1 Å². The predicted octanol–water partition coefficient (Wildman–Crippen LogP) is 2.63. The van der Waals surface area contributed by atoms with Crippen molar-refractivity contribution >= 4 is 6.09 Å². The molecule has 2 rings (SSSR count). The van der Waals surface area contributed by atoms with Crippen LogP contribution in [0.2, 0.25) is 0 Å². The molecule has 2 aliphatic heterocycles. The van der Waals surface area contributed by atoms with E-state index in [-0.39, 0.29) is 0 Å². The molecule has 0 aromatic heterocycles. The van der Waals surface area contributed by atoms with Gasteiger partial charge in [0.15, 0.2) is 0 Å². The minimum absolute atomic E-state index is 0.628. The van der Waals surface area contributed by atoms with E-state index in [2.05, 4.69) is 0 Å². The summed E-state index contributed by atoms with van der Waals surface area (Å²) in [5, 5.41) is 1.37. The topological polar surface area (TPSA) is 41.6 Å². The third-order valence-corrected chi connectivity index (χ3v) is 1.91. The highest BCUT2D eigenvalue weighted by Gasteiger charge is 2.30. The van der Waals surface area contributed by atoms with Gasteiger partial charge in [-0.2, -0.15) is 0 Å². The van der Waals surface area contributed by atoms with Gasteiger partial charge in [0, 0.05) is 37.7 Å². The molecule has 1 amide bonds. The normalized spacial score (nSPS) is 61.9. The average Bonchev–Trinajstić information content (AvgIpc) is 2.60. The molecule has 2 heterocycles. The van der Waals surface area contributed by atoms with Gasteiger partial charge in [0.25, 0.3) is 0 Å². The number of carbonyl (C=O) groups is 1. The quantitative estimate of drug-likeness (QED) is 0.806. The number of likely N-dealkylation sites (tertiary alicyclic amines) is 1. The number of nitrogens with zero attached hydrogens (tertiary/aromatic N) is 1. The predicted molar refractivity (Wildman–Crippen MR) is 76.1 cm³/mol. The summed E-state index contributed by atoms with van der Waals surface area (Å²) in [6, 6.07) is 0. The molecule has 0 radical (unpaired) electrons. The summed E-state index contributed by atoms with van der Waals surface area (Å²) in [4.78, 5) is 12.2. The lowest BCUT2D eigenvalue weighted by atomic mass is 9.79. The first-order valence-corrected chi connectivity index (χ1v) is 5.53. The van der Waals surface area contributed by atoms with Gasteiger partial charge in [0.05, 0.1) is 0 Å². The van der Waals surface area contributed by atoms with Crippen molar-refractivity contribution < 1.29 is 34.2 Å². The summed E-state index contributed by atoms with van der Waals surface area (Å²) in [6.07, 6.45) is -19.2. The smallest absolute Gasteiger partial charge is 0.410 e. The summed E-state index contributed by atoms with van der Waals surface area (Å²) in [5.74, 6) is -9.17. The standard InChI is InChI=1S/C15H28N2O2/c1-15(2,3)19-14(18)17-10-6-13(7-11-17)12-4-8-16-9-5-12/h12-13,16H,4-11H2,1-3H3/i4D2,5D2,6D2,7D2,8D2,9D2,10D2,11D2,12D,13D. The molecule has 0 aliphatic carbocycles. The number of nitrogens with one attached hydrogen (secondary N) is 1. The molecule has 19 heavy (non-hydrogen) atoms. The van der Waals surface area contributed by atoms with Crippen LogP contribution in [0.5, 0.6) is 0 Å². The van der Waals surface area contributed by atoms with Gasteiger partial charge in [-0.3, -0.25) is 0 Å². The van der Waals surface area contributed by atoms with Crippen LogP contribution in [-0.4, -0.2) is 42.6 Å². The van der Waals surface area contributed by atoms with Gasteiger partial charge in [-0.05, 0) is 71.0 Å². The van der Waals surface area contributed by atoms with E-state index in [1.54, 1.807) is 0 Å². The third-order valence-electron chi connectivity index (χ3n) is 1.91. The number of ether oxygens (including phenoxy) is 1. The van der Waals surface area contributed by atoms with Crippen LogP contribution >= 0.6 is 0 Å².